The van der Waals surface area contributed by atoms with E-state index in [9.17, 15) is 8.42 Å². The molecule has 0 radical (unpaired) electrons. The van der Waals surface area contributed by atoms with Gasteiger partial charge in [0.15, 0.2) is 5.82 Å². The van der Waals surface area contributed by atoms with Crippen molar-refractivity contribution < 1.29 is 17.7 Å². The maximum atomic E-state index is 12.2. The second-order valence-corrected chi connectivity index (χ2v) is 5.64. The first-order valence-electron chi connectivity index (χ1n) is 5.71. The molecule has 8 nitrogen and oxygen atoms in total. The Morgan fingerprint density at radius 2 is 2.25 bits per heavy atom. The lowest BCUT2D eigenvalue weighted by Crippen LogP contribution is -2.26. The van der Waals surface area contributed by atoms with Crippen molar-refractivity contribution in [2.45, 2.75) is 11.3 Å². The van der Waals surface area contributed by atoms with Crippen LogP contribution in [0.1, 0.15) is 5.82 Å². The summed E-state index contributed by atoms with van der Waals surface area (Å²) in [7, 11) is -2.33. The van der Waals surface area contributed by atoms with E-state index < -0.39 is 10.0 Å². The third-order valence-electron chi connectivity index (χ3n) is 2.52. The summed E-state index contributed by atoms with van der Waals surface area (Å²) in [6.45, 7) is 0.139. The van der Waals surface area contributed by atoms with Gasteiger partial charge >= 0.3 is 0 Å². The largest absolute Gasteiger partial charge is 0.495 e. The van der Waals surface area contributed by atoms with Crippen molar-refractivity contribution in [2.24, 2.45) is 0 Å². The molecule has 2 rings (SSSR count). The zero-order valence-corrected chi connectivity index (χ0v) is 11.6. The third-order valence-corrected chi connectivity index (χ3v) is 4.01. The highest BCUT2D eigenvalue weighted by atomic mass is 32.2. The molecule has 0 saturated carbocycles. The van der Waals surface area contributed by atoms with Crippen LogP contribution < -0.4 is 15.2 Å². The maximum absolute atomic E-state index is 12.2. The fraction of sp³-hybridized carbons (Fsp3) is 0.273. The number of nitrogens with one attached hydrogen (secondary N) is 1. The number of nitrogens with zero attached hydrogens (tertiary/aromatic N) is 2. The molecule has 0 unspecified atom stereocenters. The van der Waals surface area contributed by atoms with Gasteiger partial charge < -0.3 is 15.0 Å². The Bertz CT molecular complexity index is 670. The highest BCUT2D eigenvalue weighted by Gasteiger charge is 2.19. The zero-order valence-electron chi connectivity index (χ0n) is 10.7. The Morgan fingerprint density at radius 1 is 1.45 bits per heavy atom. The van der Waals surface area contributed by atoms with E-state index in [0.717, 1.165) is 0 Å². The molecule has 2 aromatic rings. The van der Waals surface area contributed by atoms with E-state index >= 15 is 0 Å². The summed E-state index contributed by atoms with van der Waals surface area (Å²) in [6, 6.07) is 4.41. The summed E-state index contributed by atoms with van der Waals surface area (Å²) in [5.41, 5.74) is 5.94. The van der Waals surface area contributed by atoms with E-state index in [1.807, 2.05) is 0 Å². The normalized spacial score (nSPS) is 11.4. The van der Waals surface area contributed by atoms with E-state index in [-0.39, 0.29) is 17.2 Å². The number of nitrogen functional groups attached to an aromatic ring is 1. The molecule has 0 aliphatic carbocycles. The van der Waals surface area contributed by atoms with Crippen LogP contribution in [0.15, 0.2) is 34.0 Å². The number of anilines is 1. The molecule has 0 saturated heterocycles. The maximum Gasteiger partial charge on any atom is 0.244 e. The van der Waals surface area contributed by atoms with Crippen molar-refractivity contribution in [3.05, 3.63) is 30.4 Å². The number of hydrogen-bond donors (Lipinski definition) is 2. The predicted octanol–water partition coefficient (Wildman–Crippen LogP) is 0.181. The lowest BCUT2D eigenvalue weighted by molar-refractivity contribution is 0.402. The van der Waals surface area contributed by atoms with Gasteiger partial charge in [0.1, 0.15) is 10.6 Å². The summed E-state index contributed by atoms with van der Waals surface area (Å²) in [6.07, 6.45) is 1.51. The number of nitrogens with two attached hydrogens (primary N) is 1. The van der Waals surface area contributed by atoms with Crippen molar-refractivity contribution in [3.63, 3.8) is 0 Å². The summed E-state index contributed by atoms with van der Waals surface area (Å²) in [5, 5.41) is 3.59. The van der Waals surface area contributed by atoms with Gasteiger partial charge in [-0.05, 0) is 18.2 Å². The van der Waals surface area contributed by atoms with E-state index in [0.29, 0.717) is 17.9 Å². The minimum Gasteiger partial charge on any atom is -0.495 e. The van der Waals surface area contributed by atoms with Crippen LogP contribution in [-0.4, -0.2) is 32.2 Å². The minimum absolute atomic E-state index is 0.00638. The Labute approximate surface area is 116 Å². The first-order chi connectivity index (χ1) is 9.53. The third kappa shape index (κ3) is 3.25. The second-order valence-electron chi connectivity index (χ2n) is 3.91. The summed E-state index contributed by atoms with van der Waals surface area (Å²) < 4.78 is 36.4. The Hall–Kier alpha value is -2.13. The smallest absolute Gasteiger partial charge is 0.244 e. The number of sulfonamides is 1. The van der Waals surface area contributed by atoms with Crippen LogP contribution in [0.3, 0.4) is 0 Å². The SMILES string of the molecule is COc1ccc(N)cc1S(=O)(=O)NCCc1ncon1. The van der Waals surface area contributed by atoms with Gasteiger partial charge in [-0.15, -0.1) is 0 Å². The van der Waals surface area contributed by atoms with Gasteiger partial charge in [-0.25, -0.2) is 13.1 Å². The Morgan fingerprint density at radius 3 is 2.90 bits per heavy atom. The van der Waals surface area contributed by atoms with Crippen molar-refractivity contribution in [1.82, 2.24) is 14.9 Å². The fourth-order valence-electron chi connectivity index (χ4n) is 1.58. The van der Waals surface area contributed by atoms with Gasteiger partial charge in [-0.1, -0.05) is 5.16 Å². The van der Waals surface area contributed by atoms with Crippen LogP contribution >= 0.6 is 0 Å². The summed E-state index contributed by atoms with van der Waals surface area (Å²) in [5.74, 6) is 0.651. The molecule has 20 heavy (non-hydrogen) atoms. The van der Waals surface area contributed by atoms with E-state index in [1.165, 1.54) is 25.6 Å². The predicted molar refractivity (Wildman–Crippen MR) is 70.6 cm³/mol. The molecule has 3 N–H and O–H groups in total. The molecular weight excluding hydrogens is 284 g/mol. The summed E-state index contributed by atoms with van der Waals surface area (Å²) >= 11 is 0. The molecule has 0 aliphatic heterocycles. The van der Waals surface area contributed by atoms with Crippen molar-refractivity contribution >= 4 is 15.7 Å². The van der Waals surface area contributed by atoms with E-state index in [1.54, 1.807) is 6.07 Å². The Balaban J connectivity index is 2.11. The number of benzene rings is 1. The Kier molecular flexibility index (Phi) is 4.20. The quantitative estimate of drug-likeness (QED) is 0.730. The van der Waals surface area contributed by atoms with Crippen molar-refractivity contribution in [3.8, 4) is 5.75 Å². The standard InChI is InChI=1S/C11H14N4O4S/c1-18-9-3-2-8(12)6-10(9)20(16,17)14-5-4-11-13-7-19-15-11/h2-3,6-7,14H,4-5,12H2,1H3. The number of methoxy groups -OCH3 is 1. The van der Waals surface area contributed by atoms with Crippen LogP contribution in [0.4, 0.5) is 5.69 Å². The van der Waals surface area contributed by atoms with Crippen molar-refractivity contribution in [1.29, 1.82) is 0 Å². The minimum atomic E-state index is -3.72. The van der Waals surface area contributed by atoms with Crippen LogP contribution in [0.2, 0.25) is 0 Å². The molecule has 9 heteroatoms. The molecule has 0 spiro atoms. The molecule has 0 atom stereocenters. The first kappa shape index (κ1) is 14.3. The van der Waals surface area contributed by atoms with Gasteiger partial charge in [0.2, 0.25) is 16.4 Å². The second kappa shape index (κ2) is 5.88. The number of rotatable bonds is 6. The average molecular weight is 298 g/mol. The van der Waals surface area contributed by atoms with E-state index in [4.69, 9.17) is 10.5 Å². The topological polar surface area (TPSA) is 120 Å². The molecule has 108 valence electrons. The molecule has 0 bridgehead atoms. The number of aromatic nitrogens is 2. The summed E-state index contributed by atoms with van der Waals surface area (Å²) in [4.78, 5) is 3.79. The zero-order chi connectivity index (χ0) is 14.6. The van der Waals surface area contributed by atoms with Crippen LogP contribution in [0.5, 0.6) is 5.75 Å². The molecule has 0 amide bonds. The number of ether oxygens (including phenoxy) is 1. The molecule has 1 aromatic carbocycles. The van der Waals surface area contributed by atoms with Gasteiger partial charge in [0, 0.05) is 18.7 Å². The van der Waals surface area contributed by atoms with Gasteiger partial charge in [0.25, 0.3) is 0 Å². The van der Waals surface area contributed by atoms with Crippen LogP contribution in [-0.2, 0) is 16.4 Å². The van der Waals surface area contributed by atoms with Crippen LogP contribution in [0.25, 0.3) is 0 Å². The van der Waals surface area contributed by atoms with Crippen molar-refractivity contribution in [2.75, 3.05) is 19.4 Å². The fourth-order valence-corrected chi connectivity index (χ4v) is 2.81. The molecule has 1 aromatic heterocycles. The van der Waals surface area contributed by atoms with E-state index in [2.05, 4.69) is 19.4 Å². The molecule has 0 aliphatic rings. The van der Waals surface area contributed by atoms with Gasteiger partial charge in [0.05, 0.1) is 7.11 Å². The van der Waals surface area contributed by atoms with Gasteiger partial charge in [-0.2, -0.15) is 4.98 Å². The average Bonchev–Trinajstić information content (AvgIpc) is 2.91. The molecule has 0 fully saturated rings. The number of hydrogen-bond acceptors (Lipinski definition) is 7. The van der Waals surface area contributed by atoms with Gasteiger partial charge in [-0.3, -0.25) is 0 Å². The molecule has 1 heterocycles. The highest BCUT2D eigenvalue weighted by Crippen LogP contribution is 2.25. The molecular formula is C11H14N4O4S. The lowest BCUT2D eigenvalue weighted by atomic mass is 10.3. The van der Waals surface area contributed by atoms with Crippen LogP contribution in [0, 0.1) is 0 Å². The highest BCUT2D eigenvalue weighted by molar-refractivity contribution is 7.89. The lowest BCUT2D eigenvalue weighted by Gasteiger charge is -2.10. The first-order valence-corrected chi connectivity index (χ1v) is 7.19. The monoisotopic (exact) mass is 298 g/mol.